The lowest BCUT2D eigenvalue weighted by atomic mass is 9.86. The third-order valence-electron chi connectivity index (χ3n) is 6.76. The van der Waals surface area contributed by atoms with Crippen LogP contribution in [0.4, 0.5) is 0 Å². The highest BCUT2D eigenvalue weighted by Crippen LogP contribution is 2.34. The van der Waals surface area contributed by atoms with Crippen LogP contribution in [0.5, 0.6) is 17.2 Å². The van der Waals surface area contributed by atoms with Gasteiger partial charge in [0, 0.05) is 31.6 Å². The fourth-order valence-electron chi connectivity index (χ4n) is 4.89. The normalized spacial score (nSPS) is 17.8. The van der Waals surface area contributed by atoms with Crippen LogP contribution in [0.25, 0.3) is 0 Å². The topological polar surface area (TPSA) is 54.0 Å². The molecular weight excluding hydrogens is 426 g/mol. The van der Waals surface area contributed by atoms with E-state index >= 15 is 0 Å². The van der Waals surface area contributed by atoms with Crippen LogP contribution in [0.1, 0.15) is 30.4 Å². The van der Waals surface area contributed by atoms with Crippen molar-refractivity contribution >= 4 is 5.91 Å². The van der Waals surface area contributed by atoms with Gasteiger partial charge in [0.05, 0.1) is 13.7 Å². The Bertz CT molecular complexity index is 1130. The van der Waals surface area contributed by atoms with Gasteiger partial charge in [0.1, 0.15) is 5.75 Å². The minimum atomic E-state index is -0.114. The molecule has 0 saturated carbocycles. The van der Waals surface area contributed by atoms with Crippen LogP contribution in [0.2, 0.25) is 0 Å². The number of hydrazine groups is 1. The Balaban J connectivity index is 1.17. The summed E-state index contributed by atoms with van der Waals surface area (Å²) in [6.07, 6.45) is 2.50. The van der Waals surface area contributed by atoms with Crippen LogP contribution >= 0.6 is 0 Å². The van der Waals surface area contributed by atoms with Crippen LogP contribution in [-0.2, 0) is 17.9 Å². The van der Waals surface area contributed by atoms with Crippen molar-refractivity contribution in [3.05, 3.63) is 90.0 Å². The van der Waals surface area contributed by atoms with Gasteiger partial charge in [0.2, 0.25) is 5.91 Å². The number of nitrogens with zero attached hydrogens (tertiary/aromatic N) is 2. The molecule has 1 spiro atoms. The second-order valence-electron chi connectivity index (χ2n) is 9.21. The molecule has 0 bridgehead atoms. The van der Waals surface area contributed by atoms with E-state index in [9.17, 15) is 4.79 Å². The zero-order valence-corrected chi connectivity index (χ0v) is 19.6. The van der Waals surface area contributed by atoms with E-state index in [1.165, 1.54) is 5.56 Å². The van der Waals surface area contributed by atoms with E-state index in [4.69, 9.17) is 9.47 Å². The van der Waals surface area contributed by atoms with Gasteiger partial charge >= 0.3 is 0 Å². The Hall–Kier alpha value is -3.35. The Morgan fingerprint density at radius 2 is 1.56 bits per heavy atom. The van der Waals surface area contributed by atoms with Gasteiger partial charge in [0.15, 0.2) is 11.5 Å². The molecule has 6 heteroatoms. The summed E-state index contributed by atoms with van der Waals surface area (Å²) in [5, 5.41) is 1.81. The van der Waals surface area contributed by atoms with Crippen molar-refractivity contribution in [2.75, 3.05) is 20.2 Å². The number of ether oxygens (including phenoxy) is 2. The number of para-hydroxylation sites is 2. The first-order valence-electron chi connectivity index (χ1n) is 11.9. The Labute approximate surface area is 201 Å². The molecule has 0 unspecified atom stereocenters. The molecule has 0 radical (unpaired) electrons. The van der Waals surface area contributed by atoms with Crippen LogP contribution < -0.4 is 14.9 Å². The maximum atomic E-state index is 12.7. The monoisotopic (exact) mass is 457 g/mol. The van der Waals surface area contributed by atoms with Gasteiger partial charge in [-0.25, -0.2) is 5.43 Å². The van der Waals surface area contributed by atoms with Gasteiger partial charge in [-0.1, -0.05) is 54.6 Å². The van der Waals surface area contributed by atoms with Crippen molar-refractivity contribution in [3.63, 3.8) is 0 Å². The Morgan fingerprint density at radius 3 is 2.32 bits per heavy atom. The Morgan fingerprint density at radius 1 is 0.853 bits per heavy atom. The molecule has 6 nitrogen and oxygen atoms in total. The van der Waals surface area contributed by atoms with Crippen molar-refractivity contribution in [1.29, 1.82) is 0 Å². The number of amides is 1. The number of carbonyl (C=O) groups excluding carboxylic acids is 1. The zero-order valence-electron chi connectivity index (χ0n) is 19.6. The van der Waals surface area contributed by atoms with Gasteiger partial charge in [-0.3, -0.25) is 14.7 Å². The van der Waals surface area contributed by atoms with E-state index in [-0.39, 0.29) is 11.4 Å². The minimum Gasteiger partial charge on any atom is -0.493 e. The number of methoxy groups -OCH3 is 1. The number of piperidine rings is 1. The average Bonchev–Trinajstić information content (AvgIpc) is 3.16. The number of hydrogen-bond donors (Lipinski definition) is 1. The summed E-state index contributed by atoms with van der Waals surface area (Å²) in [7, 11) is 1.65. The van der Waals surface area contributed by atoms with Crippen molar-refractivity contribution in [1.82, 2.24) is 15.3 Å². The van der Waals surface area contributed by atoms with E-state index in [0.29, 0.717) is 24.5 Å². The molecule has 2 aliphatic heterocycles. The quantitative estimate of drug-likeness (QED) is 0.555. The maximum absolute atomic E-state index is 12.7. The third-order valence-corrected chi connectivity index (χ3v) is 6.76. The summed E-state index contributed by atoms with van der Waals surface area (Å²) in [5.74, 6) is 2.42. The largest absolute Gasteiger partial charge is 0.493 e. The van der Waals surface area contributed by atoms with Gasteiger partial charge in [-0.15, -0.1) is 0 Å². The number of hydrogen-bond acceptors (Lipinski definition) is 5. The maximum Gasteiger partial charge on any atom is 0.238 e. The zero-order chi connectivity index (χ0) is 23.4. The van der Waals surface area contributed by atoms with E-state index in [0.717, 1.165) is 43.8 Å². The van der Waals surface area contributed by atoms with E-state index in [1.807, 2.05) is 59.6 Å². The summed E-state index contributed by atoms with van der Waals surface area (Å²) in [4.78, 5) is 15.1. The molecule has 176 valence electrons. The molecule has 2 aliphatic rings. The molecule has 1 amide bonds. The standard InChI is InChI=1S/C28H31N3O3/c1-33-25-12-5-6-13-26(25)34-24-11-7-10-23(18-24)20-30-16-14-28(15-17-30)19-27(32)31(29-28)21-22-8-3-2-4-9-22/h2-13,18,29H,14-17,19-21H2,1H3. The van der Waals surface area contributed by atoms with E-state index in [1.54, 1.807) is 7.11 Å². The number of benzene rings is 3. The van der Waals surface area contributed by atoms with Crippen LogP contribution in [-0.4, -0.2) is 41.6 Å². The molecule has 0 aromatic heterocycles. The fraction of sp³-hybridized carbons (Fsp3) is 0.321. The molecule has 5 rings (SSSR count). The SMILES string of the molecule is COc1ccccc1Oc1cccc(CN2CCC3(CC2)CC(=O)N(Cc2ccccc2)N3)c1. The van der Waals surface area contributed by atoms with Crippen molar-refractivity contribution in [2.24, 2.45) is 0 Å². The summed E-state index contributed by atoms with van der Waals surface area (Å²) in [6.45, 7) is 3.39. The third kappa shape index (κ3) is 5.08. The number of carbonyl (C=O) groups is 1. The predicted molar refractivity (Wildman–Crippen MR) is 131 cm³/mol. The lowest BCUT2D eigenvalue weighted by molar-refractivity contribution is -0.130. The van der Waals surface area contributed by atoms with Crippen molar-refractivity contribution < 1.29 is 14.3 Å². The highest BCUT2D eigenvalue weighted by Gasteiger charge is 2.44. The number of nitrogens with one attached hydrogen (secondary N) is 1. The molecule has 0 atom stereocenters. The molecule has 2 fully saturated rings. The smallest absolute Gasteiger partial charge is 0.238 e. The van der Waals surface area contributed by atoms with Gasteiger partial charge in [-0.05, 0) is 48.2 Å². The van der Waals surface area contributed by atoms with Gasteiger partial charge in [-0.2, -0.15) is 0 Å². The summed E-state index contributed by atoms with van der Waals surface area (Å²) < 4.78 is 11.5. The second kappa shape index (κ2) is 9.87. The molecule has 3 aromatic rings. The molecule has 3 aromatic carbocycles. The minimum absolute atomic E-state index is 0.114. The van der Waals surface area contributed by atoms with Crippen molar-refractivity contribution in [3.8, 4) is 17.2 Å². The summed E-state index contributed by atoms with van der Waals surface area (Å²) in [5.41, 5.74) is 5.81. The molecule has 0 aliphatic carbocycles. The fourth-order valence-corrected chi connectivity index (χ4v) is 4.89. The summed E-state index contributed by atoms with van der Waals surface area (Å²) in [6, 6.07) is 26.1. The molecule has 2 heterocycles. The van der Waals surface area contributed by atoms with E-state index < -0.39 is 0 Å². The average molecular weight is 458 g/mol. The molecular formula is C28H31N3O3. The molecule has 34 heavy (non-hydrogen) atoms. The Kier molecular flexibility index (Phi) is 6.52. The highest BCUT2D eigenvalue weighted by atomic mass is 16.5. The van der Waals surface area contributed by atoms with Gasteiger partial charge in [0.25, 0.3) is 0 Å². The lowest BCUT2D eigenvalue weighted by Crippen LogP contribution is -2.52. The first-order valence-corrected chi connectivity index (χ1v) is 11.9. The van der Waals surface area contributed by atoms with Crippen molar-refractivity contribution in [2.45, 2.75) is 37.9 Å². The predicted octanol–water partition coefficient (Wildman–Crippen LogP) is 4.76. The van der Waals surface area contributed by atoms with Crippen LogP contribution in [0.15, 0.2) is 78.9 Å². The second-order valence-corrected chi connectivity index (χ2v) is 9.21. The van der Waals surface area contributed by atoms with Gasteiger partial charge < -0.3 is 9.47 Å². The number of likely N-dealkylation sites (tertiary alicyclic amines) is 1. The lowest BCUT2D eigenvalue weighted by Gasteiger charge is -2.39. The van der Waals surface area contributed by atoms with Crippen LogP contribution in [0, 0.1) is 0 Å². The van der Waals surface area contributed by atoms with Crippen LogP contribution in [0.3, 0.4) is 0 Å². The number of rotatable bonds is 7. The molecule has 2 saturated heterocycles. The summed E-state index contributed by atoms with van der Waals surface area (Å²) >= 11 is 0. The first kappa shape index (κ1) is 22.4. The van der Waals surface area contributed by atoms with E-state index in [2.05, 4.69) is 34.6 Å². The highest BCUT2D eigenvalue weighted by molar-refractivity contribution is 5.79. The first-order chi connectivity index (χ1) is 16.6. The molecule has 1 N–H and O–H groups in total.